The first-order valence-electron chi connectivity index (χ1n) is 9.52. The van der Waals surface area contributed by atoms with E-state index in [1.807, 2.05) is 29.2 Å². The molecule has 4 rings (SSSR count). The number of hydrogen-bond donors (Lipinski definition) is 0. The van der Waals surface area contributed by atoms with Gasteiger partial charge in [0.1, 0.15) is 23.1 Å². The largest absolute Gasteiger partial charge is 0.497 e. The van der Waals surface area contributed by atoms with Crippen LogP contribution >= 0.6 is 0 Å². The molecule has 1 fully saturated rings. The van der Waals surface area contributed by atoms with Crippen LogP contribution in [0.5, 0.6) is 5.75 Å². The van der Waals surface area contributed by atoms with Crippen LogP contribution in [0.15, 0.2) is 46.9 Å². The third-order valence-electron chi connectivity index (χ3n) is 5.04. The fourth-order valence-corrected chi connectivity index (χ4v) is 3.50. The average molecular weight is 413 g/mol. The van der Waals surface area contributed by atoms with E-state index in [0.717, 1.165) is 11.8 Å². The van der Waals surface area contributed by atoms with E-state index in [0.29, 0.717) is 36.8 Å². The van der Waals surface area contributed by atoms with Gasteiger partial charge in [-0.25, -0.2) is 13.8 Å². The first-order chi connectivity index (χ1) is 14.4. The molecule has 156 valence electrons. The smallest absolute Gasteiger partial charge is 0.241 e. The Bertz CT molecular complexity index is 1060. The average Bonchev–Trinajstić information content (AvgIpc) is 3.08. The molecule has 2 aromatic carbocycles. The number of oxazole rings is 1. The van der Waals surface area contributed by atoms with Crippen LogP contribution in [0.3, 0.4) is 0 Å². The molecule has 30 heavy (non-hydrogen) atoms. The highest BCUT2D eigenvalue weighted by molar-refractivity contribution is 5.95. The zero-order valence-electron chi connectivity index (χ0n) is 16.7. The van der Waals surface area contributed by atoms with Gasteiger partial charge >= 0.3 is 0 Å². The van der Waals surface area contributed by atoms with Crippen LogP contribution in [0.2, 0.25) is 0 Å². The van der Waals surface area contributed by atoms with Crippen molar-refractivity contribution in [2.24, 2.45) is 0 Å². The van der Waals surface area contributed by atoms with Crippen LogP contribution in [0.4, 0.5) is 14.5 Å². The van der Waals surface area contributed by atoms with Crippen LogP contribution in [0.25, 0.3) is 11.5 Å². The molecule has 1 saturated heterocycles. The highest BCUT2D eigenvalue weighted by atomic mass is 19.1. The maximum atomic E-state index is 13.5. The first kappa shape index (κ1) is 20.0. The number of anilines is 1. The van der Waals surface area contributed by atoms with Gasteiger partial charge < -0.3 is 14.1 Å². The Balaban J connectivity index is 1.46. The SMILES string of the molecule is COc1cccc(N2CCN(Cc3nc(-c4cc(F)cc(F)c4)oc3C)CC2=O)c1. The van der Waals surface area contributed by atoms with Crippen LogP contribution in [-0.2, 0) is 11.3 Å². The van der Waals surface area contributed by atoms with E-state index in [9.17, 15) is 13.6 Å². The fraction of sp³-hybridized carbons (Fsp3) is 0.273. The zero-order valence-corrected chi connectivity index (χ0v) is 16.7. The molecule has 6 nitrogen and oxygen atoms in total. The van der Waals surface area contributed by atoms with Gasteiger partial charge in [-0.3, -0.25) is 9.69 Å². The minimum Gasteiger partial charge on any atom is -0.497 e. The molecular weight excluding hydrogens is 392 g/mol. The number of carbonyl (C=O) groups excluding carboxylic acids is 1. The number of nitrogens with zero attached hydrogens (tertiary/aromatic N) is 3. The van der Waals surface area contributed by atoms with Crippen LogP contribution in [0.1, 0.15) is 11.5 Å². The summed E-state index contributed by atoms with van der Waals surface area (Å²) in [5.74, 6) is -0.00624. The maximum Gasteiger partial charge on any atom is 0.241 e. The van der Waals surface area contributed by atoms with Crippen LogP contribution < -0.4 is 9.64 Å². The molecule has 1 amide bonds. The summed E-state index contributed by atoms with van der Waals surface area (Å²) in [4.78, 5) is 20.8. The van der Waals surface area contributed by atoms with Gasteiger partial charge in [-0.1, -0.05) is 6.07 Å². The molecule has 0 saturated carbocycles. The quantitative estimate of drug-likeness (QED) is 0.637. The minimum atomic E-state index is -0.693. The van der Waals surface area contributed by atoms with Gasteiger partial charge in [0.05, 0.1) is 19.3 Å². The van der Waals surface area contributed by atoms with E-state index in [4.69, 9.17) is 9.15 Å². The lowest BCUT2D eigenvalue weighted by molar-refractivity contribution is -0.121. The number of aryl methyl sites for hydroxylation is 1. The number of amides is 1. The third-order valence-corrected chi connectivity index (χ3v) is 5.04. The molecule has 0 spiro atoms. The normalized spacial score (nSPS) is 14.9. The van der Waals surface area contributed by atoms with Crippen LogP contribution in [-0.4, -0.2) is 42.5 Å². The van der Waals surface area contributed by atoms with E-state index in [2.05, 4.69) is 4.98 Å². The third kappa shape index (κ3) is 4.18. The maximum absolute atomic E-state index is 13.5. The van der Waals surface area contributed by atoms with Crippen molar-refractivity contribution in [1.82, 2.24) is 9.88 Å². The summed E-state index contributed by atoms with van der Waals surface area (Å²) < 4.78 is 37.8. The molecular formula is C22H21F2N3O3. The van der Waals surface area contributed by atoms with Gasteiger partial charge in [-0.05, 0) is 31.2 Å². The summed E-state index contributed by atoms with van der Waals surface area (Å²) in [5, 5.41) is 0. The van der Waals surface area contributed by atoms with Crippen molar-refractivity contribution < 1.29 is 22.7 Å². The van der Waals surface area contributed by atoms with E-state index in [1.54, 1.807) is 18.9 Å². The van der Waals surface area contributed by atoms with Gasteiger partial charge in [-0.2, -0.15) is 0 Å². The number of hydrogen-bond acceptors (Lipinski definition) is 5. The predicted octanol–water partition coefficient (Wildman–Crippen LogP) is 3.79. The van der Waals surface area contributed by atoms with Gasteiger partial charge in [0.15, 0.2) is 0 Å². The molecule has 3 aromatic rings. The molecule has 1 aliphatic rings. The lowest BCUT2D eigenvalue weighted by Crippen LogP contribution is -2.50. The molecule has 8 heteroatoms. The summed E-state index contributed by atoms with van der Waals surface area (Å²) in [5.41, 5.74) is 1.67. The molecule has 2 heterocycles. The van der Waals surface area contributed by atoms with Gasteiger partial charge in [-0.15, -0.1) is 0 Å². The summed E-state index contributed by atoms with van der Waals surface area (Å²) in [6.07, 6.45) is 0. The summed E-state index contributed by atoms with van der Waals surface area (Å²) >= 11 is 0. The van der Waals surface area contributed by atoms with Crippen molar-refractivity contribution in [1.29, 1.82) is 0 Å². The number of halogens is 2. The predicted molar refractivity (Wildman–Crippen MR) is 107 cm³/mol. The standard InChI is InChI=1S/C22H21F2N3O3/c1-14-20(25-22(30-14)15-8-16(23)10-17(24)9-15)12-26-6-7-27(21(28)13-26)18-4-3-5-19(11-18)29-2/h3-5,8-11H,6-7,12-13H2,1-2H3. The second kappa shape index (κ2) is 8.23. The summed E-state index contributed by atoms with van der Waals surface area (Å²) in [7, 11) is 1.59. The lowest BCUT2D eigenvalue weighted by atomic mass is 10.2. The Morgan fingerprint density at radius 3 is 2.60 bits per heavy atom. The number of rotatable bonds is 5. The number of benzene rings is 2. The number of piperazine rings is 1. The van der Waals surface area contributed by atoms with Crippen molar-refractivity contribution >= 4 is 11.6 Å². The highest BCUT2D eigenvalue weighted by Crippen LogP contribution is 2.26. The number of methoxy groups -OCH3 is 1. The van der Waals surface area contributed by atoms with Gasteiger partial charge in [0, 0.05) is 43.0 Å². The lowest BCUT2D eigenvalue weighted by Gasteiger charge is -2.34. The number of ether oxygens (including phenoxy) is 1. The first-order valence-corrected chi connectivity index (χ1v) is 9.52. The molecule has 1 aliphatic heterocycles. The number of carbonyl (C=O) groups is 1. The molecule has 0 radical (unpaired) electrons. The van der Waals surface area contributed by atoms with Crippen molar-refractivity contribution in [3.8, 4) is 17.2 Å². The van der Waals surface area contributed by atoms with Gasteiger partial charge in [0.2, 0.25) is 11.8 Å². The van der Waals surface area contributed by atoms with Crippen molar-refractivity contribution in [3.05, 3.63) is 65.6 Å². The van der Waals surface area contributed by atoms with Crippen molar-refractivity contribution in [2.75, 3.05) is 31.6 Å². The summed E-state index contributed by atoms with van der Waals surface area (Å²) in [6, 6.07) is 10.5. The zero-order chi connectivity index (χ0) is 21.3. The Morgan fingerprint density at radius 1 is 1.13 bits per heavy atom. The minimum absolute atomic E-state index is 0.0249. The Hall–Kier alpha value is -3.26. The molecule has 0 aliphatic carbocycles. The van der Waals surface area contributed by atoms with Crippen molar-refractivity contribution in [3.63, 3.8) is 0 Å². The van der Waals surface area contributed by atoms with E-state index in [-0.39, 0.29) is 23.9 Å². The summed E-state index contributed by atoms with van der Waals surface area (Å²) in [6.45, 7) is 3.57. The number of aromatic nitrogens is 1. The van der Waals surface area contributed by atoms with Crippen molar-refractivity contribution in [2.45, 2.75) is 13.5 Å². The second-order valence-electron chi connectivity index (χ2n) is 7.14. The van der Waals surface area contributed by atoms with Crippen LogP contribution in [0, 0.1) is 18.6 Å². The Kier molecular flexibility index (Phi) is 5.50. The second-order valence-corrected chi connectivity index (χ2v) is 7.14. The topological polar surface area (TPSA) is 58.8 Å². The van der Waals surface area contributed by atoms with E-state index >= 15 is 0 Å². The fourth-order valence-electron chi connectivity index (χ4n) is 3.50. The monoisotopic (exact) mass is 413 g/mol. The molecule has 1 aromatic heterocycles. The van der Waals surface area contributed by atoms with E-state index in [1.165, 1.54) is 12.1 Å². The Labute approximate surface area is 172 Å². The molecule has 0 unspecified atom stereocenters. The molecule has 0 atom stereocenters. The molecule has 0 bridgehead atoms. The van der Waals surface area contributed by atoms with E-state index < -0.39 is 11.6 Å². The molecule has 0 N–H and O–H groups in total. The van der Waals surface area contributed by atoms with Gasteiger partial charge in [0.25, 0.3) is 0 Å². The highest BCUT2D eigenvalue weighted by Gasteiger charge is 2.26. The Morgan fingerprint density at radius 2 is 1.90 bits per heavy atom.